The molecule has 4 rings (SSSR count). The summed E-state index contributed by atoms with van der Waals surface area (Å²) < 4.78 is 10.9. The lowest BCUT2D eigenvalue weighted by atomic mass is 10.1. The first-order chi connectivity index (χ1) is 15.4. The molecule has 1 amide bonds. The highest BCUT2D eigenvalue weighted by Crippen LogP contribution is 2.37. The molecule has 0 aliphatic carbocycles. The van der Waals surface area contributed by atoms with Gasteiger partial charge in [0.05, 0.1) is 25.8 Å². The van der Waals surface area contributed by atoms with Crippen LogP contribution in [-0.2, 0) is 0 Å². The molecule has 0 bridgehead atoms. The number of benzene rings is 2. The number of carbonyl (C=O) groups excluding carboxylic acids is 1. The van der Waals surface area contributed by atoms with E-state index in [1.165, 1.54) is 0 Å². The van der Waals surface area contributed by atoms with Gasteiger partial charge in [0.2, 0.25) is 5.91 Å². The van der Waals surface area contributed by atoms with Crippen LogP contribution in [0, 0.1) is 6.92 Å². The number of nitrogens with two attached hydrogens (primary N) is 1. The number of amides is 1. The highest BCUT2D eigenvalue weighted by Gasteiger charge is 2.16. The number of aromatic nitrogens is 2. The van der Waals surface area contributed by atoms with Gasteiger partial charge < -0.3 is 20.5 Å². The molecular weight excluding hydrogens is 424 g/mol. The minimum Gasteiger partial charge on any atom is -0.493 e. The molecule has 0 spiro atoms. The second kappa shape index (κ2) is 8.84. The molecule has 7 nitrogen and oxygen atoms in total. The summed E-state index contributed by atoms with van der Waals surface area (Å²) in [6, 6.07) is 15.2. The molecule has 0 saturated carbocycles. The molecule has 1 unspecified atom stereocenters. The molecular formula is C24H24N4O3S. The fourth-order valence-electron chi connectivity index (χ4n) is 3.52. The van der Waals surface area contributed by atoms with Crippen LogP contribution in [0.1, 0.15) is 34.0 Å². The van der Waals surface area contributed by atoms with E-state index in [4.69, 9.17) is 15.2 Å². The maximum absolute atomic E-state index is 11.5. The van der Waals surface area contributed by atoms with Crippen LogP contribution in [0.5, 0.6) is 11.5 Å². The van der Waals surface area contributed by atoms with Gasteiger partial charge in [-0.3, -0.25) is 4.79 Å². The first-order valence-corrected chi connectivity index (χ1v) is 10.9. The normalized spacial score (nSPS) is 11.9. The Bertz CT molecular complexity index is 1300. The number of hydrogen-bond acceptors (Lipinski definition) is 7. The van der Waals surface area contributed by atoms with Gasteiger partial charge in [0.1, 0.15) is 11.6 Å². The highest BCUT2D eigenvalue weighted by atomic mass is 32.1. The third-order valence-electron chi connectivity index (χ3n) is 5.15. The Balaban J connectivity index is 1.65. The Labute approximate surface area is 190 Å². The first-order valence-electron chi connectivity index (χ1n) is 10.1. The minimum atomic E-state index is -0.434. The van der Waals surface area contributed by atoms with Crippen LogP contribution in [0.2, 0.25) is 0 Å². The fraction of sp³-hybridized carbons (Fsp3) is 0.208. The largest absolute Gasteiger partial charge is 0.493 e. The van der Waals surface area contributed by atoms with Gasteiger partial charge in [-0.1, -0.05) is 12.1 Å². The van der Waals surface area contributed by atoms with Crippen LogP contribution in [0.25, 0.3) is 21.3 Å². The number of primary amides is 1. The van der Waals surface area contributed by atoms with Gasteiger partial charge in [-0.05, 0) is 49.7 Å². The van der Waals surface area contributed by atoms with E-state index in [2.05, 4.69) is 34.3 Å². The third-order valence-corrected chi connectivity index (χ3v) is 6.47. The van der Waals surface area contributed by atoms with Crippen LogP contribution in [0.15, 0.2) is 48.5 Å². The molecule has 4 aromatic rings. The topological polar surface area (TPSA) is 99.4 Å². The number of ether oxygens (including phenoxy) is 2. The van der Waals surface area contributed by atoms with E-state index in [0.717, 1.165) is 32.0 Å². The maximum Gasteiger partial charge on any atom is 0.248 e. The third kappa shape index (κ3) is 4.22. The lowest BCUT2D eigenvalue weighted by molar-refractivity contribution is 0.100. The second-order valence-electron chi connectivity index (χ2n) is 7.36. The van der Waals surface area contributed by atoms with Gasteiger partial charge in [-0.15, -0.1) is 11.3 Å². The zero-order valence-corrected chi connectivity index (χ0v) is 19.1. The number of rotatable bonds is 7. The number of fused-ring (bicyclic) bond motifs is 1. The van der Waals surface area contributed by atoms with Crippen LogP contribution >= 0.6 is 11.3 Å². The van der Waals surface area contributed by atoms with Crippen molar-refractivity contribution in [1.29, 1.82) is 0 Å². The van der Waals surface area contributed by atoms with Gasteiger partial charge in [0.15, 0.2) is 11.5 Å². The van der Waals surface area contributed by atoms with Crippen molar-refractivity contribution in [3.8, 4) is 21.9 Å². The predicted molar refractivity (Wildman–Crippen MR) is 128 cm³/mol. The molecule has 32 heavy (non-hydrogen) atoms. The number of carbonyl (C=O) groups is 1. The maximum atomic E-state index is 11.5. The number of thiophene rings is 1. The summed E-state index contributed by atoms with van der Waals surface area (Å²) >= 11 is 1.65. The van der Waals surface area contributed by atoms with Crippen LogP contribution in [0.4, 0.5) is 5.82 Å². The van der Waals surface area contributed by atoms with Crippen LogP contribution in [-0.4, -0.2) is 30.1 Å². The first kappa shape index (κ1) is 21.6. The number of nitrogens with one attached hydrogen (secondary N) is 1. The van der Waals surface area contributed by atoms with E-state index in [1.807, 2.05) is 37.3 Å². The molecule has 0 radical (unpaired) electrons. The van der Waals surface area contributed by atoms with Crippen molar-refractivity contribution in [2.45, 2.75) is 19.9 Å². The zero-order valence-electron chi connectivity index (χ0n) is 18.3. The van der Waals surface area contributed by atoms with Crippen molar-refractivity contribution in [2.75, 3.05) is 19.5 Å². The SMILES string of the molecule is COc1cc2nc(C)nc(NC(C)c3ccc(-c4cccc(C(N)=O)c4)s3)c2cc1OC. The van der Waals surface area contributed by atoms with Crippen molar-refractivity contribution < 1.29 is 14.3 Å². The van der Waals surface area contributed by atoms with Crippen molar-refractivity contribution in [3.63, 3.8) is 0 Å². The lowest BCUT2D eigenvalue weighted by Gasteiger charge is -2.16. The standard InChI is InChI=1S/C24H24N4O3S/c1-13(21-8-9-22(32-21)15-6-5-7-16(10-15)23(25)29)26-24-17-11-19(30-3)20(31-4)12-18(17)27-14(2)28-24/h5-13H,1-4H3,(H2,25,29)(H,26,27,28). The molecule has 0 saturated heterocycles. The molecule has 0 aliphatic rings. The van der Waals surface area contributed by atoms with Gasteiger partial charge in [0, 0.05) is 26.8 Å². The molecule has 1 atom stereocenters. The summed E-state index contributed by atoms with van der Waals surface area (Å²) in [5, 5.41) is 4.37. The Kier molecular flexibility index (Phi) is 5.96. The molecule has 2 aromatic heterocycles. The Hall–Kier alpha value is -3.65. The monoisotopic (exact) mass is 448 g/mol. The van der Waals surface area contributed by atoms with Crippen molar-refractivity contribution >= 4 is 34.0 Å². The summed E-state index contributed by atoms with van der Waals surface area (Å²) in [5.41, 5.74) is 7.66. The van der Waals surface area contributed by atoms with E-state index in [0.29, 0.717) is 22.9 Å². The summed E-state index contributed by atoms with van der Waals surface area (Å²) in [4.78, 5) is 22.9. The van der Waals surface area contributed by atoms with Crippen LogP contribution in [0.3, 0.4) is 0 Å². The van der Waals surface area contributed by atoms with Gasteiger partial charge in [-0.25, -0.2) is 9.97 Å². The van der Waals surface area contributed by atoms with Gasteiger partial charge >= 0.3 is 0 Å². The summed E-state index contributed by atoms with van der Waals surface area (Å²) in [5.74, 6) is 2.20. The van der Waals surface area contributed by atoms with Gasteiger partial charge in [-0.2, -0.15) is 0 Å². The summed E-state index contributed by atoms with van der Waals surface area (Å²) in [6.45, 7) is 3.94. The van der Waals surface area contributed by atoms with Crippen molar-refractivity contribution in [3.05, 3.63) is 64.8 Å². The smallest absolute Gasteiger partial charge is 0.248 e. The lowest BCUT2D eigenvalue weighted by Crippen LogP contribution is -2.10. The van der Waals surface area contributed by atoms with Crippen molar-refractivity contribution in [2.24, 2.45) is 5.73 Å². The summed E-state index contributed by atoms with van der Waals surface area (Å²) in [7, 11) is 3.21. The Morgan fingerprint density at radius 1 is 1.06 bits per heavy atom. The predicted octanol–water partition coefficient (Wildman–Crippen LogP) is 4.96. The molecule has 0 fully saturated rings. The Morgan fingerprint density at radius 3 is 2.53 bits per heavy atom. The van der Waals surface area contributed by atoms with E-state index in [-0.39, 0.29) is 6.04 Å². The fourth-order valence-corrected chi connectivity index (χ4v) is 4.53. The number of methoxy groups -OCH3 is 2. The van der Waals surface area contributed by atoms with Crippen molar-refractivity contribution in [1.82, 2.24) is 9.97 Å². The average Bonchev–Trinajstić information content (AvgIpc) is 3.28. The Morgan fingerprint density at radius 2 is 1.81 bits per heavy atom. The summed E-state index contributed by atoms with van der Waals surface area (Å²) in [6.07, 6.45) is 0. The van der Waals surface area contributed by atoms with E-state index < -0.39 is 5.91 Å². The number of hydrogen-bond donors (Lipinski definition) is 2. The highest BCUT2D eigenvalue weighted by molar-refractivity contribution is 7.15. The molecule has 2 heterocycles. The number of aryl methyl sites for hydroxylation is 1. The van der Waals surface area contributed by atoms with E-state index in [1.54, 1.807) is 31.6 Å². The van der Waals surface area contributed by atoms with E-state index >= 15 is 0 Å². The molecule has 8 heteroatoms. The van der Waals surface area contributed by atoms with E-state index in [9.17, 15) is 4.79 Å². The minimum absolute atomic E-state index is 0.00123. The molecule has 0 aliphatic heterocycles. The number of nitrogens with zero attached hydrogens (tertiary/aromatic N) is 2. The average molecular weight is 449 g/mol. The second-order valence-corrected chi connectivity index (χ2v) is 8.47. The quantitative estimate of drug-likeness (QED) is 0.415. The molecule has 2 aromatic carbocycles. The molecule has 3 N–H and O–H groups in total. The zero-order chi connectivity index (χ0) is 22.8. The number of anilines is 1. The van der Waals surface area contributed by atoms with Gasteiger partial charge in [0.25, 0.3) is 0 Å². The van der Waals surface area contributed by atoms with Crippen LogP contribution < -0.4 is 20.5 Å². The molecule has 164 valence electrons.